The van der Waals surface area contributed by atoms with Gasteiger partial charge in [-0.15, -0.1) is 0 Å². The SMILES string of the molecule is CN(C)CCCNCc1cc(F)ccc1[N+](=O)[O-]. The first-order valence-electron chi connectivity index (χ1n) is 5.79. The Bertz CT molecular complexity index is 410. The molecule has 0 amide bonds. The zero-order valence-corrected chi connectivity index (χ0v) is 10.6. The summed E-state index contributed by atoms with van der Waals surface area (Å²) in [4.78, 5) is 12.3. The Hall–Kier alpha value is -1.53. The summed E-state index contributed by atoms with van der Waals surface area (Å²) in [5, 5.41) is 13.8. The van der Waals surface area contributed by atoms with E-state index in [1.807, 2.05) is 14.1 Å². The number of hydrogen-bond acceptors (Lipinski definition) is 4. The highest BCUT2D eigenvalue weighted by Gasteiger charge is 2.13. The van der Waals surface area contributed by atoms with E-state index in [0.717, 1.165) is 25.6 Å². The molecule has 0 atom stereocenters. The minimum atomic E-state index is -0.490. The van der Waals surface area contributed by atoms with Gasteiger partial charge in [0.25, 0.3) is 5.69 Å². The average molecular weight is 255 g/mol. The fourth-order valence-corrected chi connectivity index (χ4v) is 1.62. The summed E-state index contributed by atoms with van der Waals surface area (Å²) < 4.78 is 13.0. The Morgan fingerprint density at radius 3 is 2.78 bits per heavy atom. The summed E-state index contributed by atoms with van der Waals surface area (Å²) in [6, 6.07) is 3.51. The Morgan fingerprint density at radius 2 is 2.17 bits per heavy atom. The molecule has 1 rings (SSSR count). The number of nitro groups is 1. The number of hydrogen-bond donors (Lipinski definition) is 1. The molecule has 1 aromatic carbocycles. The van der Waals surface area contributed by atoms with Crippen molar-refractivity contribution in [3.05, 3.63) is 39.7 Å². The van der Waals surface area contributed by atoms with Crippen molar-refractivity contribution < 1.29 is 9.31 Å². The highest BCUT2D eigenvalue weighted by molar-refractivity contribution is 5.40. The fraction of sp³-hybridized carbons (Fsp3) is 0.500. The van der Waals surface area contributed by atoms with E-state index in [9.17, 15) is 14.5 Å². The van der Waals surface area contributed by atoms with Crippen molar-refractivity contribution in [2.24, 2.45) is 0 Å². The molecule has 0 aliphatic carbocycles. The van der Waals surface area contributed by atoms with Gasteiger partial charge in [0.2, 0.25) is 0 Å². The molecule has 18 heavy (non-hydrogen) atoms. The standard InChI is InChI=1S/C12H18FN3O2/c1-15(2)7-3-6-14-9-10-8-11(13)4-5-12(10)16(17)18/h4-5,8,14H,3,6-7,9H2,1-2H3. The lowest BCUT2D eigenvalue weighted by atomic mass is 10.1. The van der Waals surface area contributed by atoms with Gasteiger partial charge in [-0.25, -0.2) is 4.39 Å². The van der Waals surface area contributed by atoms with Gasteiger partial charge in [-0.1, -0.05) is 0 Å². The lowest BCUT2D eigenvalue weighted by molar-refractivity contribution is -0.385. The van der Waals surface area contributed by atoms with Crippen LogP contribution in [0.15, 0.2) is 18.2 Å². The van der Waals surface area contributed by atoms with Gasteiger partial charge in [0, 0.05) is 18.2 Å². The minimum Gasteiger partial charge on any atom is -0.312 e. The van der Waals surface area contributed by atoms with E-state index >= 15 is 0 Å². The van der Waals surface area contributed by atoms with E-state index in [4.69, 9.17) is 0 Å². The first-order valence-corrected chi connectivity index (χ1v) is 5.79. The molecule has 6 heteroatoms. The third-order valence-electron chi connectivity index (χ3n) is 2.51. The van der Waals surface area contributed by atoms with Gasteiger partial charge in [0.1, 0.15) is 5.82 Å². The van der Waals surface area contributed by atoms with Crippen LogP contribution in [0, 0.1) is 15.9 Å². The second-order valence-electron chi connectivity index (χ2n) is 4.36. The molecule has 0 saturated carbocycles. The van der Waals surface area contributed by atoms with Crippen LogP contribution in [0.1, 0.15) is 12.0 Å². The topological polar surface area (TPSA) is 58.4 Å². The third kappa shape index (κ3) is 4.77. The van der Waals surface area contributed by atoms with Crippen molar-refractivity contribution in [2.75, 3.05) is 27.2 Å². The Morgan fingerprint density at radius 1 is 1.44 bits per heavy atom. The summed E-state index contributed by atoms with van der Waals surface area (Å²) >= 11 is 0. The van der Waals surface area contributed by atoms with Crippen LogP contribution in [-0.2, 0) is 6.54 Å². The van der Waals surface area contributed by atoms with E-state index in [-0.39, 0.29) is 5.69 Å². The van der Waals surface area contributed by atoms with Gasteiger partial charge in [-0.05, 0) is 45.7 Å². The van der Waals surface area contributed by atoms with Crippen molar-refractivity contribution >= 4 is 5.69 Å². The Kier molecular flexibility index (Phi) is 5.67. The second-order valence-corrected chi connectivity index (χ2v) is 4.36. The number of nitrogens with one attached hydrogen (secondary N) is 1. The quantitative estimate of drug-likeness (QED) is 0.458. The summed E-state index contributed by atoms with van der Waals surface area (Å²) in [5.74, 6) is -0.453. The summed E-state index contributed by atoms with van der Waals surface area (Å²) in [6.07, 6.45) is 0.941. The molecule has 0 aliphatic heterocycles. The Labute approximate surface area is 106 Å². The molecule has 100 valence electrons. The lowest BCUT2D eigenvalue weighted by Gasteiger charge is -2.10. The average Bonchev–Trinajstić information content (AvgIpc) is 2.27. The van der Waals surface area contributed by atoms with Gasteiger partial charge >= 0.3 is 0 Å². The fourth-order valence-electron chi connectivity index (χ4n) is 1.62. The largest absolute Gasteiger partial charge is 0.312 e. The van der Waals surface area contributed by atoms with Gasteiger partial charge in [-0.3, -0.25) is 10.1 Å². The lowest BCUT2D eigenvalue weighted by Crippen LogP contribution is -2.21. The molecule has 0 radical (unpaired) electrons. The smallest absolute Gasteiger partial charge is 0.274 e. The molecule has 0 saturated heterocycles. The van der Waals surface area contributed by atoms with Crippen molar-refractivity contribution in [1.82, 2.24) is 10.2 Å². The van der Waals surface area contributed by atoms with E-state index in [1.54, 1.807) is 0 Å². The molecular weight excluding hydrogens is 237 g/mol. The van der Waals surface area contributed by atoms with E-state index in [0.29, 0.717) is 12.1 Å². The Balaban J connectivity index is 2.50. The molecule has 1 aromatic rings. The second kappa shape index (κ2) is 7.03. The summed E-state index contributed by atoms with van der Waals surface area (Å²) in [5.41, 5.74) is 0.335. The molecular formula is C12H18FN3O2. The molecule has 5 nitrogen and oxygen atoms in total. The van der Waals surface area contributed by atoms with Crippen molar-refractivity contribution in [2.45, 2.75) is 13.0 Å². The van der Waals surface area contributed by atoms with Crippen molar-refractivity contribution in [1.29, 1.82) is 0 Å². The number of rotatable bonds is 7. The van der Waals surface area contributed by atoms with E-state index < -0.39 is 10.7 Å². The monoisotopic (exact) mass is 255 g/mol. The molecule has 0 unspecified atom stereocenters. The van der Waals surface area contributed by atoms with Crippen molar-refractivity contribution in [3.63, 3.8) is 0 Å². The normalized spacial score (nSPS) is 10.9. The highest BCUT2D eigenvalue weighted by Crippen LogP contribution is 2.19. The zero-order chi connectivity index (χ0) is 13.5. The molecule has 0 aromatic heterocycles. The van der Waals surface area contributed by atoms with Crippen LogP contribution in [0.3, 0.4) is 0 Å². The molecule has 0 bridgehead atoms. The summed E-state index contributed by atoms with van der Waals surface area (Å²) in [7, 11) is 3.97. The van der Waals surface area contributed by atoms with Gasteiger partial charge in [0.05, 0.1) is 4.92 Å². The van der Waals surface area contributed by atoms with E-state index in [2.05, 4.69) is 10.2 Å². The van der Waals surface area contributed by atoms with Crippen LogP contribution < -0.4 is 5.32 Å². The predicted molar refractivity (Wildman–Crippen MR) is 67.9 cm³/mol. The summed E-state index contributed by atoms with van der Waals surface area (Å²) in [6.45, 7) is 1.99. The number of nitrogens with zero attached hydrogens (tertiary/aromatic N) is 2. The zero-order valence-electron chi connectivity index (χ0n) is 10.6. The van der Waals surface area contributed by atoms with E-state index in [1.165, 1.54) is 12.1 Å². The van der Waals surface area contributed by atoms with Gasteiger partial charge in [-0.2, -0.15) is 0 Å². The third-order valence-corrected chi connectivity index (χ3v) is 2.51. The number of nitro benzene ring substituents is 1. The highest BCUT2D eigenvalue weighted by atomic mass is 19.1. The number of benzene rings is 1. The first kappa shape index (κ1) is 14.5. The number of halogens is 1. The van der Waals surface area contributed by atoms with Crippen LogP contribution >= 0.6 is 0 Å². The van der Waals surface area contributed by atoms with Crippen LogP contribution in [0.5, 0.6) is 0 Å². The van der Waals surface area contributed by atoms with Crippen molar-refractivity contribution in [3.8, 4) is 0 Å². The molecule has 1 N–H and O–H groups in total. The molecule has 0 heterocycles. The maximum atomic E-state index is 13.0. The maximum absolute atomic E-state index is 13.0. The maximum Gasteiger partial charge on any atom is 0.274 e. The van der Waals surface area contributed by atoms with Crippen LogP contribution in [0.2, 0.25) is 0 Å². The molecule has 0 aliphatic rings. The first-order chi connectivity index (χ1) is 8.50. The van der Waals surface area contributed by atoms with Gasteiger partial charge < -0.3 is 10.2 Å². The predicted octanol–water partition coefficient (Wildman–Crippen LogP) is 1.78. The van der Waals surface area contributed by atoms with Crippen LogP contribution in [0.4, 0.5) is 10.1 Å². The van der Waals surface area contributed by atoms with Crippen LogP contribution in [-0.4, -0.2) is 37.0 Å². The van der Waals surface area contributed by atoms with Gasteiger partial charge in [0.15, 0.2) is 0 Å². The molecule has 0 fully saturated rings. The minimum absolute atomic E-state index is 0.0449. The van der Waals surface area contributed by atoms with Crippen LogP contribution in [0.25, 0.3) is 0 Å². The molecule has 0 spiro atoms.